The van der Waals surface area contributed by atoms with Crippen molar-refractivity contribution >= 4 is 79.5 Å². The molecule has 0 N–H and O–H groups in total. The number of nitrogens with zero attached hydrogens (tertiary/aromatic N) is 2. The van der Waals surface area contributed by atoms with Gasteiger partial charge in [-0.3, -0.25) is 0 Å². The van der Waals surface area contributed by atoms with Crippen LogP contribution in [-0.4, -0.2) is 56.9 Å². The van der Waals surface area contributed by atoms with Gasteiger partial charge in [-0.05, 0) is 145 Å². The minimum Gasteiger partial charge on any atom is -0.492 e. The van der Waals surface area contributed by atoms with E-state index in [1.807, 2.05) is 0 Å². The molecule has 0 aliphatic heterocycles. The third-order valence-corrected chi connectivity index (χ3v) is 19.8. The van der Waals surface area contributed by atoms with Crippen molar-refractivity contribution in [2.75, 3.05) is 66.7 Å². The summed E-state index contributed by atoms with van der Waals surface area (Å²) in [5.74, 6) is 6.06. The number of anilines is 6. The first kappa shape index (κ1) is 55.0. The highest BCUT2D eigenvalue weighted by Gasteiger charge is 2.37. The van der Waals surface area contributed by atoms with Crippen LogP contribution in [0.15, 0.2) is 133 Å². The number of benzene rings is 6. The number of ether oxygens (including phenoxy) is 8. The lowest BCUT2D eigenvalue weighted by Gasteiger charge is -2.29. The van der Waals surface area contributed by atoms with E-state index in [0.717, 1.165) is 141 Å². The number of aryl methyl sites for hydroxylation is 4. The zero-order valence-corrected chi connectivity index (χ0v) is 51.3. The minimum absolute atomic E-state index is 0.381. The number of fused-ring (bicyclic) bond motifs is 3. The van der Waals surface area contributed by atoms with E-state index in [2.05, 4.69) is 185 Å². The molecule has 0 radical (unpaired) electrons. The van der Waals surface area contributed by atoms with Crippen LogP contribution >= 0.6 is 45.3 Å². The fraction of sp³-hybridized carbons (Fsp3) is 0.224. The Bertz CT molecular complexity index is 3490. The first-order valence-electron chi connectivity index (χ1n) is 26.4. The van der Waals surface area contributed by atoms with Gasteiger partial charge in [0.1, 0.15) is 0 Å². The Morgan fingerprint density at radius 1 is 0.284 bits per heavy atom. The second-order valence-electron chi connectivity index (χ2n) is 20.2. The Balaban J connectivity index is 0.998. The summed E-state index contributed by atoms with van der Waals surface area (Å²) < 4.78 is 46.7. The van der Waals surface area contributed by atoms with Crippen LogP contribution in [0.5, 0.6) is 46.0 Å². The average Bonchev–Trinajstić information content (AvgIpc) is 4.31. The van der Waals surface area contributed by atoms with Gasteiger partial charge in [-0.15, -0.1) is 45.3 Å². The van der Waals surface area contributed by atoms with Crippen LogP contribution in [0.1, 0.15) is 44.5 Å². The molecule has 0 bridgehead atoms. The smallest absolute Gasteiger partial charge is 0.179 e. The summed E-state index contributed by atoms with van der Waals surface area (Å²) in [5.41, 5.74) is 14.9. The molecule has 1 aliphatic carbocycles. The van der Waals surface area contributed by atoms with Crippen molar-refractivity contribution in [3.63, 3.8) is 0 Å². The monoisotopic (exact) mass is 1150 g/mol. The van der Waals surface area contributed by atoms with Crippen molar-refractivity contribution in [3.05, 3.63) is 164 Å². The first-order chi connectivity index (χ1) is 39.2. The lowest BCUT2D eigenvalue weighted by Crippen LogP contribution is -2.17. The Morgan fingerprint density at radius 3 is 0.704 bits per heavy atom. The van der Waals surface area contributed by atoms with Crippen molar-refractivity contribution in [2.45, 2.75) is 47.0 Å². The molecule has 0 amide bonds. The summed E-state index contributed by atoms with van der Waals surface area (Å²) >= 11 is 6.68. The summed E-state index contributed by atoms with van der Waals surface area (Å²) in [6.07, 6.45) is 0. The maximum Gasteiger partial charge on any atom is 0.179 e. The molecule has 10 aromatic rings. The minimum atomic E-state index is -0.381. The summed E-state index contributed by atoms with van der Waals surface area (Å²) in [7, 11) is 13.6. The van der Waals surface area contributed by atoms with E-state index in [-0.39, 0.29) is 5.41 Å². The number of rotatable bonds is 18. The average molecular weight is 1150 g/mol. The van der Waals surface area contributed by atoms with E-state index < -0.39 is 0 Å². The van der Waals surface area contributed by atoms with Crippen LogP contribution in [0.4, 0.5) is 34.1 Å². The van der Waals surface area contributed by atoms with Crippen LogP contribution in [0.2, 0.25) is 0 Å². The van der Waals surface area contributed by atoms with Gasteiger partial charge < -0.3 is 47.7 Å². The molecule has 4 aromatic heterocycles. The number of thiophene rings is 4. The van der Waals surface area contributed by atoms with Gasteiger partial charge in [0.2, 0.25) is 0 Å². The van der Waals surface area contributed by atoms with Gasteiger partial charge in [-0.1, -0.05) is 74.5 Å². The SMILES string of the molecule is COc1c(C)sc(-c2ccc(N(c3ccc(-c4sc(C)c(OC)c4OC)cc3)c3ccc4c(c3)C(C)(C)c3cc(N(c5ccc(-c6sc(C)c(OC)c6OC)cc5)c5ccc(-c6sc(C)c(OC)c6OC)cc5)ccc3-4)cc2)c1OC. The largest absolute Gasteiger partial charge is 0.492 e. The second-order valence-corrected chi connectivity index (χ2v) is 25.1. The molecule has 6 aromatic carbocycles. The molecule has 14 heteroatoms. The molecule has 4 heterocycles. The van der Waals surface area contributed by atoms with Crippen molar-refractivity contribution in [2.24, 2.45) is 0 Å². The molecule has 0 unspecified atom stereocenters. The zero-order chi connectivity index (χ0) is 57.0. The van der Waals surface area contributed by atoms with E-state index in [4.69, 9.17) is 37.9 Å². The molecule has 414 valence electrons. The normalized spacial score (nSPS) is 12.2. The van der Waals surface area contributed by atoms with Gasteiger partial charge in [0.15, 0.2) is 46.0 Å². The Morgan fingerprint density at radius 2 is 0.494 bits per heavy atom. The maximum atomic E-state index is 5.90. The summed E-state index contributed by atoms with van der Waals surface area (Å²) in [5, 5.41) is 0. The lowest BCUT2D eigenvalue weighted by molar-refractivity contribution is 0.357. The van der Waals surface area contributed by atoms with E-state index in [0.29, 0.717) is 0 Å². The lowest BCUT2D eigenvalue weighted by atomic mass is 9.82. The van der Waals surface area contributed by atoms with Crippen molar-refractivity contribution < 1.29 is 37.9 Å². The number of hydrogen-bond acceptors (Lipinski definition) is 14. The molecular weight excluding hydrogens is 1090 g/mol. The molecule has 0 fully saturated rings. The van der Waals surface area contributed by atoms with E-state index in [1.165, 1.54) is 22.3 Å². The summed E-state index contributed by atoms with van der Waals surface area (Å²) in [6.45, 7) is 12.9. The van der Waals surface area contributed by atoms with Crippen molar-refractivity contribution in [1.82, 2.24) is 0 Å². The van der Waals surface area contributed by atoms with Crippen LogP contribution in [-0.2, 0) is 5.41 Å². The molecule has 1 aliphatic rings. The standard InChI is InChI=1S/C67H64N2O8S4/c1-37-55(70-7)59(74-11)63(78-37)41-15-23-45(24-16-41)68(46-25-17-42(18-26-46)64-60(75-12)56(71-8)38(2)79-64)49-31-33-51-52-34-32-50(36-54(52)67(5,6)53(51)35-49)69(47-27-19-43(20-28-47)65-61(76-13)57(72-9)39(3)80-65)48-29-21-44(22-30-48)66-62(77-14)58(73-10)40(4)81-66/h15-36H,1-14H3. The van der Waals surface area contributed by atoms with Gasteiger partial charge in [0.25, 0.3) is 0 Å². The topological polar surface area (TPSA) is 80.3 Å². The Kier molecular flexibility index (Phi) is 15.1. The summed E-state index contributed by atoms with van der Waals surface area (Å²) in [6, 6.07) is 48.8. The van der Waals surface area contributed by atoms with Crippen molar-refractivity contribution in [1.29, 1.82) is 0 Å². The van der Waals surface area contributed by atoms with Crippen LogP contribution in [0, 0.1) is 27.7 Å². The van der Waals surface area contributed by atoms with E-state index in [1.54, 1.807) is 102 Å². The molecular formula is C67H64N2O8S4. The maximum absolute atomic E-state index is 5.90. The third kappa shape index (κ3) is 9.41. The van der Waals surface area contributed by atoms with Gasteiger partial charge >= 0.3 is 0 Å². The summed E-state index contributed by atoms with van der Waals surface area (Å²) in [4.78, 5) is 13.1. The number of hydrogen-bond donors (Lipinski definition) is 0. The Labute approximate surface area is 490 Å². The molecule has 11 rings (SSSR count). The fourth-order valence-electron chi connectivity index (χ4n) is 11.4. The Hall–Kier alpha value is -7.88. The second kappa shape index (κ2) is 22.2. The van der Waals surface area contributed by atoms with Crippen molar-refractivity contribution in [3.8, 4) is 98.9 Å². The molecule has 0 saturated heterocycles. The van der Waals surface area contributed by atoms with E-state index >= 15 is 0 Å². The van der Waals surface area contributed by atoms with Gasteiger partial charge in [0, 0.05) is 59.0 Å². The van der Waals surface area contributed by atoms with Crippen LogP contribution in [0.25, 0.3) is 52.9 Å². The third-order valence-electron chi connectivity index (χ3n) is 15.3. The first-order valence-corrected chi connectivity index (χ1v) is 29.7. The number of methoxy groups -OCH3 is 8. The van der Waals surface area contributed by atoms with Gasteiger partial charge in [-0.25, -0.2) is 0 Å². The predicted octanol–water partition coefficient (Wildman–Crippen LogP) is 19.1. The highest BCUT2D eigenvalue weighted by molar-refractivity contribution is 7.17. The van der Waals surface area contributed by atoms with Crippen LogP contribution in [0.3, 0.4) is 0 Å². The van der Waals surface area contributed by atoms with Crippen LogP contribution < -0.4 is 47.7 Å². The highest BCUT2D eigenvalue weighted by Crippen LogP contribution is 2.55. The molecule has 0 spiro atoms. The molecule has 0 saturated carbocycles. The van der Waals surface area contributed by atoms with Gasteiger partial charge in [-0.2, -0.15) is 0 Å². The molecule has 10 nitrogen and oxygen atoms in total. The van der Waals surface area contributed by atoms with Gasteiger partial charge in [0.05, 0.1) is 76.4 Å². The predicted molar refractivity (Wildman–Crippen MR) is 338 cm³/mol. The molecule has 81 heavy (non-hydrogen) atoms. The fourth-order valence-corrected chi connectivity index (χ4v) is 15.8. The van der Waals surface area contributed by atoms with E-state index in [9.17, 15) is 0 Å². The zero-order valence-electron chi connectivity index (χ0n) is 48.0. The highest BCUT2D eigenvalue weighted by atomic mass is 32.1. The molecule has 0 atom stereocenters. The quantitative estimate of drug-likeness (QED) is 0.0829.